The van der Waals surface area contributed by atoms with Crippen molar-refractivity contribution in [3.05, 3.63) is 30.5 Å². The third-order valence-electron chi connectivity index (χ3n) is 2.48. The lowest BCUT2D eigenvalue weighted by atomic mass is 10.2. The number of nitrogens with one attached hydrogen (secondary N) is 1. The summed E-state index contributed by atoms with van der Waals surface area (Å²) in [6, 6.07) is 6.83. The molecule has 1 heterocycles. The second-order valence-corrected chi connectivity index (χ2v) is 3.69. The van der Waals surface area contributed by atoms with Gasteiger partial charge in [-0.1, -0.05) is 19.1 Å². The highest BCUT2D eigenvalue weighted by Crippen LogP contribution is 2.12. The molecular weight excluding hydrogens is 218 g/mol. The van der Waals surface area contributed by atoms with E-state index in [9.17, 15) is 4.79 Å². The summed E-state index contributed by atoms with van der Waals surface area (Å²) in [5.74, 6) is -0.402. The van der Waals surface area contributed by atoms with Crippen LogP contribution in [0.2, 0.25) is 0 Å². The quantitative estimate of drug-likeness (QED) is 0.840. The van der Waals surface area contributed by atoms with Crippen molar-refractivity contribution < 1.29 is 9.90 Å². The van der Waals surface area contributed by atoms with E-state index in [4.69, 9.17) is 5.11 Å². The molecule has 5 heteroatoms. The van der Waals surface area contributed by atoms with E-state index >= 15 is 0 Å². The third kappa shape index (κ3) is 2.50. The molecule has 0 bridgehead atoms. The highest BCUT2D eigenvalue weighted by molar-refractivity contribution is 5.78. The predicted molar refractivity (Wildman–Crippen MR) is 64.9 cm³/mol. The average Bonchev–Trinajstić information content (AvgIpc) is 2.35. The van der Waals surface area contributed by atoms with Gasteiger partial charge in [-0.3, -0.25) is 4.98 Å². The molecule has 88 valence electrons. The molecule has 5 nitrogen and oxygen atoms in total. The molecule has 0 aliphatic heterocycles. The number of carboxylic acids is 1. The lowest BCUT2D eigenvalue weighted by Gasteiger charge is -2.12. The van der Waals surface area contributed by atoms with Crippen LogP contribution in [-0.4, -0.2) is 27.1 Å². The number of carboxylic acid groups (broad SMARTS) is 1. The Morgan fingerprint density at radius 2 is 2.12 bits per heavy atom. The number of benzene rings is 1. The van der Waals surface area contributed by atoms with Crippen LogP contribution < -0.4 is 5.32 Å². The van der Waals surface area contributed by atoms with E-state index in [0.29, 0.717) is 12.2 Å². The molecule has 0 spiro atoms. The second-order valence-electron chi connectivity index (χ2n) is 3.69. The minimum absolute atomic E-state index is 0.484. The van der Waals surface area contributed by atoms with Crippen LogP contribution in [0.3, 0.4) is 0 Å². The van der Waals surface area contributed by atoms with Gasteiger partial charge in [-0.2, -0.15) is 0 Å². The van der Waals surface area contributed by atoms with Crippen LogP contribution in [0.5, 0.6) is 0 Å². The summed E-state index contributed by atoms with van der Waals surface area (Å²) in [6.07, 6.45) is 2.04. The van der Waals surface area contributed by atoms with Crippen molar-refractivity contribution in [2.24, 2.45) is 0 Å². The highest BCUT2D eigenvalue weighted by atomic mass is 16.4. The van der Waals surface area contributed by atoms with E-state index in [1.165, 1.54) is 0 Å². The van der Waals surface area contributed by atoms with Crippen LogP contribution in [0.15, 0.2) is 30.5 Å². The maximum atomic E-state index is 10.9. The molecule has 2 aromatic rings. The van der Waals surface area contributed by atoms with Crippen LogP contribution in [0.1, 0.15) is 13.3 Å². The van der Waals surface area contributed by atoms with Crippen molar-refractivity contribution in [2.45, 2.75) is 19.4 Å². The average molecular weight is 231 g/mol. The van der Waals surface area contributed by atoms with Gasteiger partial charge in [0.25, 0.3) is 0 Å². The number of anilines is 1. The normalized spacial score (nSPS) is 12.3. The zero-order valence-corrected chi connectivity index (χ0v) is 9.42. The minimum Gasteiger partial charge on any atom is -0.480 e. The van der Waals surface area contributed by atoms with E-state index in [1.54, 1.807) is 13.1 Å². The highest BCUT2D eigenvalue weighted by Gasteiger charge is 2.15. The van der Waals surface area contributed by atoms with Gasteiger partial charge in [0.05, 0.1) is 17.2 Å². The van der Waals surface area contributed by atoms with Crippen LogP contribution in [0.4, 0.5) is 5.82 Å². The van der Waals surface area contributed by atoms with Crippen molar-refractivity contribution in [1.82, 2.24) is 9.97 Å². The number of rotatable bonds is 4. The standard InChI is InChI=1S/C12H13N3O2/c1-2-8(12(16)17)14-11-7-13-9-5-3-4-6-10(9)15-11/h3-8H,2H2,1H3,(H,14,15)(H,16,17). The number of aromatic nitrogens is 2. The van der Waals surface area contributed by atoms with E-state index in [-0.39, 0.29) is 0 Å². The van der Waals surface area contributed by atoms with Gasteiger partial charge < -0.3 is 10.4 Å². The Morgan fingerprint density at radius 3 is 2.76 bits per heavy atom. The molecule has 1 aromatic heterocycles. The third-order valence-corrected chi connectivity index (χ3v) is 2.48. The predicted octanol–water partition coefficient (Wildman–Crippen LogP) is 1.90. The molecule has 0 aliphatic rings. The first-order valence-electron chi connectivity index (χ1n) is 5.42. The molecule has 0 saturated heterocycles. The molecule has 1 unspecified atom stereocenters. The summed E-state index contributed by atoms with van der Waals surface area (Å²) < 4.78 is 0. The van der Waals surface area contributed by atoms with Gasteiger partial charge in [0, 0.05) is 0 Å². The number of para-hydroxylation sites is 2. The van der Waals surface area contributed by atoms with Gasteiger partial charge >= 0.3 is 5.97 Å². The Kier molecular flexibility index (Phi) is 3.18. The number of hydrogen-bond donors (Lipinski definition) is 2. The lowest BCUT2D eigenvalue weighted by Crippen LogP contribution is -2.28. The van der Waals surface area contributed by atoms with Gasteiger partial charge in [0.1, 0.15) is 11.9 Å². The number of nitrogens with zero attached hydrogens (tertiary/aromatic N) is 2. The fraction of sp³-hybridized carbons (Fsp3) is 0.250. The topological polar surface area (TPSA) is 75.1 Å². The SMILES string of the molecule is CCC(Nc1cnc2ccccc2n1)C(=O)O. The van der Waals surface area contributed by atoms with Gasteiger partial charge in [0.2, 0.25) is 0 Å². The molecule has 0 saturated carbocycles. The first-order chi connectivity index (χ1) is 8.20. The van der Waals surface area contributed by atoms with Gasteiger partial charge in [-0.15, -0.1) is 0 Å². The zero-order valence-electron chi connectivity index (χ0n) is 9.42. The monoisotopic (exact) mass is 231 g/mol. The Labute approximate surface area is 98.5 Å². The summed E-state index contributed by atoms with van der Waals surface area (Å²) >= 11 is 0. The summed E-state index contributed by atoms with van der Waals surface area (Å²) in [6.45, 7) is 1.81. The van der Waals surface area contributed by atoms with Crippen LogP contribution in [0.25, 0.3) is 11.0 Å². The van der Waals surface area contributed by atoms with E-state index < -0.39 is 12.0 Å². The zero-order chi connectivity index (χ0) is 12.3. The van der Waals surface area contributed by atoms with E-state index in [0.717, 1.165) is 11.0 Å². The Morgan fingerprint density at radius 1 is 1.41 bits per heavy atom. The summed E-state index contributed by atoms with van der Waals surface area (Å²) in [4.78, 5) is 19.4. The van der Waals surface area contributed by atoms with E-state index in [1.807, 2.05) is 24.3 Å². The summed E-state index contributed by atoms with van der Waals surface area (Å²) in [5, 5.41) is 11.8. The van der Waals surface area contributed by atoms with Gasteiger partial charge in [-0.05, 0) is 18.6 Å². The first-order valence-corrected chi connectivity index (χ1v) is 5.42. The molecule has 17 heavy (non-hydrogen) atoms. The second kappa shape index (κ2) is 4.78. The number of fused-ring (bicyclic) bond motifs is 1. The fourth-order valence-electron chi connectivity index (χ4n) is 1.54. The van der Waals surface area contributed by atoms with Crippen molar-refractivity contribution in [3.63, 3.8) is 0 Å². The molecule has 2 N–H and O–H groups in total. The maximum absolute atomic E-state index is 10.9. The van der Waals surface area contributed by atoms with Crippen LogP contribution in [-0.2, 0) is 4.79 Å². The molecule has 0 radical (unpaired) electrons. The van der Waals surface area contributed by atoms with Crippen molar-refractivity contribution in [1.29, 1.82) is 0 Å². The van der Waals surface area contributed by atoms with Crippen molar-refractivity contribution in [3.8, 4) is 0 Å². The number of aliphatic carboxylic acids is 1. The Bertz CT molecular complexity index is 542. The Hall–Kier alpha value is -2.17. The molecule has 0 fully saturated rings. The fourth-order valence-corrected chi connectivity index (χ4v) is 1.54. The molecule has 0 aliphatic carbocycles. The molecular formula is C12H13N3O2. The molecule has 2 rings (SSSR count). The maximum Gasteiger partial charge on any atom is 0.326 e. The van der Waals surface area contributed by atoms with Crippen molar-refractivity contribution >= 4 is 22.8 Å². The first kappa shape index (κ1) is 11.3. The van der Waals surface area contributed by atoms with Crippen LogP contribution >= 0.6 is 0 Å². The largest absolute Gasteiger partial charge is 0.480 e. The van der Waals surface area contributed by atoms with Crippen molar-refractivity contribution in [2.75, 3.05) is 5.32 Å². The summed E-state index contributed by atoms with van der Waals surface area (Å²) in [7, 11) is 0. The van der Waals surface area contributed by atoms with Crippen LogP contribution in [0, 0.1) is 0 Å². The summed E-state index contributed by atoms with van der Waals surface area (Å²) in [5.41, 5.74) is 1.54. The molecule has 1 atom stereocenters. The molecule has 0 amide bonds. The minimum atomic E-state index is -0.887. The smallest absolute Gasteiger partial charge is 0.326 e. The van der Waals surface area contributed by atoms with E-state index in [2.05, 4.69) is 15.3 Å². The Balaban J connectivity index is 2.27. The number of hydrogen-bond acceptors (Lipinski definition) is 4. The van der Waals surface area contributed by atoms with Gasteiger partial charge in [-0.25, -0.2) is 9.78 Å². The van der Waals surface area contributed by atoms with Gasteiger partial charge in [0.15, 0.2) is 0 Å². The lowest BCUT2D eigenvalue weighted by molar-refractivity contribution is -0.137. The molecule has 1 aromatic carbocycles. The number of carbonyl (C=O) groups is 1.